The van der Waals surface area contributed by atoms with E-state index in [1.807, 2.05) is 36.4 Å². The van der Waals surface area contributed by atoms with Gasteiger partial charge in [0, 0.05) is 53.9 Å². The van der Waals surface area contributed by atoms with E-state index in [2.05, 4.69) is 60.9 Å². The molecule has 0 saturated heterocycles. The van der Waals surface area contributed by atoms with Gasteiger partial charge in [0.15, 0.2) is 8.32 Å². The van der Waals surface area contributed by atoms with E-state index >= 15 is 0 Å². The van der Waals surface area contributed by atoms with Crippen LogP contribution in [0.4, 0.5) is 11.4 Å². The maximum Gasteiger partial charge on any atom is 0.212 e. The van der Waals surface area contributed by atoms with Crippen molar-refractivity contribution in [1.29, 1.82) is 0 Å². The lowest BCUT2D eigenvalue weighted by Crippen LogP contribution is -2.42. The average molecular weight is 547 g/mol. The summed E-state index contributed by atoms with van der Waals surface area (Å²) >= 11 is 0. The van der Waals surface area contributed by atoms with Gasteiger partial charge in [-0.2, -0.15) is 0 Å². The first-order chi connectivity index (χ1) is 18.5. The first-order valence-corrected chi connectivity index (χ1v) is 15.9. The number of hydrogen-bond donors (Lipinski definition) is 0. The number of rotatable bonds is 10. The highest BCUT2D eigenvalue weighted by Crippen LogP contribution is 2.37. The third-order valence-electron chi connectivity index (χ3n) is 7.31. The molecule has 0 saturated carbocycles. The Bertz CT molecular complexity index is 1400. The molecular formula is C30H38N4O4Si. The first-order valence-electron chi connectivity index (χ1n) is 13.0. The van der Waals surface area contributed by atoms with Crippen LogP contribution in [0.15, 0.2) is 60.9 Å². The van der Waals surface area contributed by atoms with Crippen LogP contribution in [0.1, 0.15) is 20.8 Å². The van der Waals surface area contributed by atoms with E-state index in [9.17, 15) is 0 Å². The van der Waals surface area contributed by atoms with Gasteiger partial charge in [-0.05, 0) is 42.4 Å². The van der Waals surface area contributed by atoms with Crippen molar-refractivity contribution in [1.82, 2.24) is 15.0 Å². The van der Waals surface area contributed by atoms with Crippen LogP contribution in [-0.2, 0) is 4.43 Å². The molecule has 0 aliphatic heterocycles. The van der Waals surface area contributed by atoms with Gasteiger partial charge in [-0.15, -0.1) is 0 Å². The van der Waals surface area contributed by atoms with Crippen molar-refractivity contribution in [2.75, 3.05) is 39.4 Å². The zero-order valence-corrected chi connectivity index (χ0v) is 25.1. The molecule has 0 aliphatic rings. The topological polar surface area (TPSA) is 78.8 Å². The van der Waals surface area contributed by atoms with E-state index in [-0.39, 0.29) is 5.04 Å². The average Bonchev–Trinajstić information content (AvgIpc) is 2.93. The molecule has 0 N–H and O–H groups in total. The van der Waals surface area contributed by atoms with Crippen molar-refractivity contribution >= 4 is 30.7 Å². The highest BCUT2D eigenvalue weighted by atomic mass is 28.4. The number of methoxy groups -OCH3 is 3. The molecule has 2 aromatic carbocycles. The number of benzene rings is 2. The predicted octanol–water partition coefficient (Wildman–Crippen LogP) is 6.88. The highest BCUT2D eigenvalue weighted by molar-refractivity contribution is 6.74. The number of fused-ring (bicyclic) bond motifs is 1. The van der Waals surface area contributed by atoms with Gasteiger partial charge < -0.3 is 23.5 Å². The van der Waals surface area contributed by atoms with Gasteiger partial charge in [-0.25, -0.2) is 9.97 Å². The molecule has 0 amide bonds. The van der Waals surface area contributed by atoms with Crippen LogP contribution >= 0.6 is 0 Å². The van der Waals surface area contributed by atoms with Crippen LogP contribution in [0, 0.1) is 0 Å². The fourth-order valence-electron chi connectivity index (χ4n) is 3.92. The van der Waals surface area contributed by atoms with Gasteiger partial charge in [-0.1, -0.05) is 20.8 Å². The third kappa shape index (κ3) is 6.49. The molecule has 4 aromatic rings. The summed E-state index contributed by atoms with van der Waals surface area (Å²) in [6.07, 6.45) is 3.51. The Labute approximate surface area is 232 Å². The quantitative estimate of drug-likeness (QED) is 0.199. The SMILES string of the molecule is COc1cc(OC)cc(N(CCO[Si](C)(C)C(C)(C)C)c2ccc3ncc(-c4ccc(OC)nc4)nc3c2)c1. The predicted molar refractivity (Wildman–Crippen MR) is 159 cm³/mol. The van der Waals surface area contributed by atoms with Crippen molar-refractivity contribution in [2.45, 2.75) is 38.9 Å². The molecule has 2 aromatic heterocycles. The van der Waals surface area contributed by atoms with Crippen molar-refractivity contribution in [2.24, 2.45) is 0 Å². The highest BCUT2D eigenvalue weighted by Gasteiger charge is 2.37. The Morgan fingerprint density at radius 3 is 2.08 bits per heavy atom. The number of ether oxygens (including phenoxy) is 3. The van der Waals surface area contributed by atoms with E-state index < -0.39 is 8.32 Å². The van der Waals surface area contributed by atoms with E-state index in [0.29, 0.717) is 19.0 Å². The van der Waals surface area contributed by atoms with Crippen LogP contribution in [0.3, 0.4) is 0 Å². The Balaban J connectivity index is 1.73. The Hall–Kier alpha value is -3.69. The molecule has 0 aliphatic carbocycles. The normalized spacial score (nSPS) is 11.9. The van der Waals surface area contributed by atoms with Crippen molar-refractivity contribution < 1.29 is 18.6 Å². The zero-order chi connectivity index (χ0) is 28.2. The van der Waals surface area contributed by atoms with Gasteiger partial charge in [0.1, 0.15) is 11.5 Å². The van der Waals surface area contributed by atoms with E-state index in [1.165, 1.54) is 0 Å². The number of anilines is 2. The summed E-state index contributed by atoms with van der Waals surface area (Å²) in [6, 6.07) is 15.7. The molecule has 0 atom stereocenters. The van der Waals surface area contributed by atoms with E-state index in [0.717, 1.165) is 45.2 Å². The summed E-state index contributed by atoms with van der Waals surface area (Å²) < 4.78 is 22.9. The molecular weight excluding hydrogens is 508 g/mol. The van der Waals surface area contributed by atoms with Gasteiger partial charge in [0.2, 0.25) is 5.88 Å². The van der Waals surface area contributed by atoms with Gasteiger partial charge >= 0.3 is 0 Å². The first kappa shape index (κ1) is 28.3. The smallest absolute Gasteiger partial charge is 0.212 e. The maximum absolute atomic E-state index is 6.55. The van der Waals surface area contributed by atoms with E-state index in [4.69, 9.17) is 23.6 Å². The largest absolute Gasteiger partial charge is 0.497 e. The Kier molecular flexibility index (Phi) is 8.41. The molecule has 0 unspecified atom stereocenters. The van der Waals surface area contributed by atoms with Crippen LogP contribution < -0.4 is 19.1 Å². The lowest BCUT2D eigenvalue weighted by atomic mass is 10.1. The molecule has 9 heteroatoms. The van der Waals surface area contributed by atoms with Crippen molar-refractivity contribution in [3.05, 3.63) is 60.9 Å². The number of pyridine rings is 1. The third-order valence-corrected chi connectivity index (χ3v) is 11.8. The second-order valence-electron chi connectivity index (χ2n) is 10.8. The summed E-state index contributed by atoms with van der Waals surface area (Å²) in [5, 5.41) is 0.127. The van der Waals surface area contributed by atoms with Gasteiger partial charge in [0.05, 0.1) is 50.9 Å². The van der Waals surface area contributed by atoms with Crippen molar-refractivity contribution in [3.63, 3.8) is 0 Å². The van der Waals surface area contributed by atoms with Crippen LogP contribution in [0.5, 0.6) is 17.4 Å². The summed E-state index contributed by atoms with van der Waals surface area (Å²) in [7, 11) is 2.99. The number of nitrogens with zero attached hydrogens (tertiary/aromatic N) is 4. The monoisotopic (exact) mass is 546 g/mol. The van der Waals surface area contributed by atoms with Gasteiger partial charge in [-0.3, -0.25) is 4.98 Å². The number of hydrogen-bond acceptors (Lipinski definition) is 8. The molecule has 206 valence electrons. The lowest BCUT2D eigenvalue weighted by molar-refractivity contribution is 0.297. The van der Waals surface area contributed by atoms with Crippen molar-refractivity contribution in [3.8, 4) is 28.6 Å². The summed E-state index contributed by atoms with van der Waals surface area (Å²) in [6.45, 7) is 12.5. The summed E-state index contributed by atoms with van der Waals surface area (Å²) in [4.78, 5) is 16.1. The molecule has 8 nitrogen and oxygen atoms in total. The van der Waals surface area contributed by atoms with Gasteiger partial charge in [0.25, 0.3) is 0 Å². The molecule has 0 bridgehead atoms. The molecule has 0 fully saturated rings. The number of aromatic nitrogens is 3. The van der Waals surface area contributed by atoms with Crippen LogP contribution in [-0.4, -0.2) is 57.8 Å². The zero-order valence-electron chi connectivity index (χ0n) is 24.1. The van der Waals surface area contributed by atoms with Crippen LogP contribution in [0.25, 0.3) is 22.3 Å². The molecule has 4 rings (SSSR count). The minimum absolute atomic E-state index is 0.127. The minimum atomic E-state index is -1.92. The van der Waals surface area contributed by atoms with E-state index in [1.54, 1.807) is 33.7 Å². The maximum atomic E-state index is 6.55. The standard InChI is InChI=1S/C30H38N4O4Si/c1-30(2,3)39(7,8)38-14-13-34(23-15-24(35-4)18-25(16-23)36-5)22-10-11-26-27(17-22)33-28(20-31-26)21-9-12-29(37-6)32-19-21/h9-12,15-20H,13-14H2,1-8H3. The van der Waals surface area contributed by atoms with Crippen LogP contribution in [0.2, 0.25) is 18.1 Å². The minimum Gasteiger partial charge on any atom is -0.497 e. The second-order valence-corrected chi connectivity index (χ2v) is 15.7. The lowest BCUT2D eigenvalue weighted by Gasteiger charge is -2.37. The molecule has 39 heavy (non-hydrogen) atoms. The molecule has 0 radical (unpaired) electrons. The summed E-state index contributed by atoms with van der Waals surface area (Å²) in [5.74, 6) is 1.99. The Morgan fingerprint density at radius 2 is 1.49 bits per heavy atom. The molecule has 2 heterocycles. The fourth-order valence-corrected chi connectivity index (χ4v) is 4.96. The molecule has 0 spiro atoms. The summed E-state index contributed by atoms with van der Waals surface area (Å²) in [5.41, 5.74) is 5.11. The second kappa shape index (κ2) is 11.6. The Morgan fingerprint density at radius 1 is 0.769 bits per heavy atom. The fraction of sp³-hybridized carbons (Fsp3) is 0.367.